The van der Waals surface area contributed by atoms with Gasteiger partial charge in [-0.2, -0.15) is 0 Å². The van der Waals surface area contributed by atoms with Crippen LogP contribution in [0, 0.1) is 0 Å². The van der Waals surface area contributed by atoms with E-state index in [2.05, 4.69) is 45.0 Å². The Hall–Kier alpha value is -0.900. The largest absolute Gasteiger partial charge is 0.296 e. The van der Waals surface area contributed by atoms with Gasteiger partial charge < -0.3 is 0 Å². The molecule has 0 N–H and O–H groups in total. The van der Waals surface area contributed by atoms with E-state index in [9.17, 15) is 0 Å². The number of aromatic nitrogens is 1. The zero-order valence-corrected chi connectivity index (χ0v) is 12.4. The van der Waals surface area contributed by atoms with Gasteiger partial charge >= 0.3 is 0 Å². The van der Waals surface area contributed by atoms with Crippen molar-refractivity contribution in [3.05, 3.63) is 63.3 Å². The maximum Gasteiger partial charge on any atom is 0.0558 e. The van der Waals surface area contributed by atoms with Gasteiger partial charge in [-0.25, -0.2) is 0 Å². The fourth-order valence-corrected chi connectivity index (χ4v) is 2.38. The molecule has 1 heterocycles. The second kappa shape index (κ2) is 6.32. The number of nitrogens with zero attached hydrogens (tertiary/aromatic N) is 2. The first kappa shape index (κ1) is 13.5. The van der Waals surface area contributed by atoms with Gasteiger partial charge in [-0.1, -0.05) is 45.7 Å². The average molecular weight is 326 g/mol. The van der Waals surface area contributed by atoms with Crippen LogP contribution in [0.25, 0.3) is 0 Å². The highest BCUT2D eigenvalue weighted by molar-refractivity contribution is 9.10. The third kappa shape index (κ3) is 3.80. The van der Waals surface area contributed by atoms with Crippen LogP contribution in [0.3, 0.4) is 0 Å². The maximum absolute atomic E-state index is 5.95. The SMILES string of the molecule is CN(Cc1cc(Cl)ccn1)Cc1ccccc1Br. The van der Waals surface area contributed by atoms with Gasteiger partial charge in [0, 0.05) is 28.8 Å². The second-order valence-electron chi connectivity index (χ2n) is 4.23. The normalized spacial score (nSPS) is 10.9. The molecule has 0 saturated heterocycles. The number of pyridine rings is 1. The quantitative estimate of drug-likeness (QED) is 0.840. The summed E-state index contributed by atoms with van der Waals surface area (Å²) in [5.41, 5.74) is 2.25. The van der Waals surface area contributed by atoms with Crippen LogP contribution in [0.2, 0.25) is 5.02 Å². The average Bonchev–Trinajstić information content (AvgIpc) is 2.32. The molecule has 4 heteroatoms. The minimum absolute atomic E-state index is 0.731. The Balaban J connectivity index is 2.01. The van der Waals surface area contributed by atoms with Crippen molar-refractivity contribution in [2.75, 3.05) is 7.05 Å². The van der Waals surface area contributed by atoms with E-state index in [1.807, 2.05) is 18.2 Å². The molecule has 2 rings (SSSR count). The molecule has 0 radical (unpaired) electrons. The van der Waals surface area contributed by atoms with Crippen molar-refractivity contribution in [1.29, 1.82) is 0 Å². The van der Waals surface area contributed by atoms with Crippen molar-refractivity contribution < 1.29 is 0 Å². The lowest BCUT2D eigenvalue weighted by molar-refractivity contribution is 0.314. The predicted molar refractivity (Wildman–Crippen MR) is 78.6 cm³/mol. The van der Waals surface area contributed by atoms with Crippen molar-refractivity contribution in [1.82, 2.24) is 9.88 Å². The molecule has 0 aliphatic rings. The maximum atomic E-state index is 5.95. The Labute approximate surface area is 121 Å². The van der Waals surface area contributed by atoms with Gasteiger partial charge in [0.15, 0.2) is 0 Å². The van der Waals surface area contributed by atoms with Crippen LogP contribution < -0.4 is 0 Å². The summed E-state index contributed by atoms with van der Waals surface area (Å²) in [4.78, 5) is 6.51. The van der Waals surface area contributed by atoms with E-state index >= 15 is 0 Å². The standard InChI is InChI=1S/C14H14BrClN2/c1-18(9-11-4-2-3-5-14(11)15)10-13-8-12(16)6-7-17-13/h2-8H,9-10H2,1H3. The second-order valence-corrected chi connectivity index (χ2v) is 5.52. The number of hydrogen-bond donors (Lipinski definition) is 0. The molecule has 0 fully saturated rings. The first-order valence-electron chi connectivity index (χ1n) is 5.67. The summed E-state index contributed by atoms with van der Waals surface area (Å²) >= 11 is 9.51. The predicted octanol–water partition coefficient (Wildman–Crippen LogP) is 4.13. The van der Waals surface area contributed by atoms with Crippen LogP contribution in [0.5, 0.6) is 0 Å². The molecule has 0 amide bonds. The van der Waals surface area contributed by atoms with E-state index in [1.165, 1.54) is 5.56 Å². The Morgan fingerprint density at radius 1 is 1.22 bits per heavy atom. The van der Waals surface area contributed by atoms with Crippen LogP contribution in [-0.4, -0.2) is 16.9 Å². The summed E-state index contributed by atoms with van der Waals surface area (Å²) in [5, 5.41) is 0.731. The summed E-state index contributed by atoms with van der Waals surface area (Å²) in [6.45, 7) is 1.65. The zero-order valence-electron chi connectivity index (χ0n) is 10.1. The van der Waals surface area contributed by atoms with Gasteiger partial charge in [0.05, 0.1) is 5.69 Å². The van der Waals surface area contributed by atoms with Crippen molar-refractivity contribution in [2.45, 2.75) is 13.1 Å². The minimum atomic E-state index is 0.731. The molecule has 2 aromatic rings. The molecule has 0 aliphatic carbocycles. The van der Waals surface area contributed by atoms with Gasteiger partial charge in [-0.05, 0) is 30.8 Å². The summed E-state index contributed by atoms with van der Waals surface area (Å²) in [6.07, 6.45) is 1.74. The molecule has 0 aliphatic heterocycles. The molecule has 0 atom stereocenters. The lowest BCUT2D eigenvalue weighted by Gasteiger charge is -2.17. The Bertz CT molecular complexity index is 531. The van der Waals surface area contributed by atoms with Crippen molar-refractivity contribution >= 4 is 27.5 Å². The van der Waals surface area contributed by atoms with Crippen molar-refractivity contribution in [2.24, 2.45) is 0 Å². The van der Waals surface area contributed by atoms with Crippen molar-refractivity contribution in [3.8, 4) is 0 Å². The highest BCUT2D eigenvalue weighted by Gasteiger charge is 2.05. The highest BCUT2D eigenvalue weighted by atomic mass is 79.9. The molecular weight excluding hydrogens is 312 g/mol. The Morgan fingerprint density at radius 3 is 2.72 bits per heavy atom. The summed E-state index contributed by atoms with van der Waals surface area (Å²) < 4.78 is 1.14. The van der Waals surface area contributed by atoms with Gasteiger partial charge in [-0.3, -0.25) is 9.88 Å². The molecule has 94 valence electrons. The third-order valence-electron chi connectivity index (χ3n) is 2.61. The van der Waals surface area contributed by atoms with E-state index in [0.29, 0.717) is 0 Å². The van der Waals surface area contributed by atoms with Crippen LogP contribution in [0.1, 0.15) is 11.3 Å². The summed E-state index contributed by atoms with van der Waals surface area (Å²) in [6, 6.07) is 11.9. The molecule has 0 spiro atoms. The molecule has 2 nitrogen and oxygen atoms in total. The molecule has 0 bridgehead atoms. The molecule has 0 saturated carbocycles. The fourth-order valence-electron chi connectivity index (χ4n) is 1.79. The zero-order chi connectivity index (χ0) is 13.0. The van der Waals surface area contributed by atoms with E-state index in [1.54, 1.807) is 12.3 Å². The Kier molecular flexibility index (Phi) is 4.75. The smallest absolute Gasteiger partial charge is 0.0558 e. The van der Waals surface area contributed by atoms with Crippen LogP contribution in [0.15, 0.2) is 47.1 Å². The Morgan fingerprint density at radius 2 is 2.00 bits per heavy atom. The van der Waals surface area contributed by atoms with Gasteiger partial charge in [0.2, 0.25) is 0 Å². The first-order valence-corrected chi connectivity index (χ1v) is 6.84. The van der Waals surface area contributed by atoms with Gasteiger partial charge in [0.1, 0.15) is 0 Å². The van der Waals surface area contributed by atoms with Crippen LogP contribution >= 0.6 is 27.5 Å². The lowest BCUT2D eigenvalue weighted by Crippen LogP contribution is -2.18. The highest BCUT2D eigenvalue weighted by Crippen LogP contribution is 2.18. The van der Waals surface area contributed by atoms with E-state index < -0.39 is 0 Å². The molecular formula is C14H14BrClN2. The number of hydrogen-bond acceptors (Lipinski definition) is 2. The summed E-state index contributed by atoms with van der Waals surface area (Å²) in [7, 11) is 2.07. The lowest BCUT2D eigenvalue weighted by atomic mass is 10.2. The van der Waals surface area contributed by atoms with Crippen molar-refractivity contribution in [3.63, 3.8) is 0 Å². The monoisotopic (exact) mass is 324 g/mol. The number of benzene rings is 1. The van der Waals surface area contributed by atoms with Crippen LogP contribution in [0.4, 0.5) is 0 Å². The van der Waals surface area contributed by atoms with Gasteiger partial charge in [-0.15, -0.1) is 0 Å². The molecule has 0 unspecified atom stereocenters. The number of rotatable bonds is 4. The molecule has 18 heavy (non-hydrogen) atoms. The molecule has 1 aromatic heterocycles. The number of halogens is 2. The third-order valence-corrected chi connectivity index (χ3v) is 3.62. The minimum Gasteiger partial charge on any atom is -0.296 e. The fraction of sp³-hybridized carbons (Fsp3) is 0.214. The molecule has 1 aromatic carbocycles. The topological polar surface area (TPSA) is 16.1 Å². The van der Waals surface area contributed by atoms with Gasteiger partial charge in [0.25, 0.3) is 0 Å². The van der Waals surface area contributed by atoms with E-state index in [-0.39, 0.29) is 0 Å². The summed E-state index contributed by atoms with van der Waals surface area (Å²) in [5.74, 6) is 0. The first-order chi connectivity index (χ1) is 8.65. The van der Waals surface area contributed by atoms with E-state index in [4.69, 9.17) is 11.6 Å². The van der Waals surface area contributed by atoms with E-state index in [0.717, 1.165) is 28.3 Å². The van der Waals surface area contributed by atoms with Crippen LogP contribution in [-0.2, 0) is 13.1 Å².